The summed E-state index contributed by atoms with van der Waals surface area (Å²) in [7, 11) is 0. The summed E-state index contributed by atoms with van der Waals surface area (Å²) in [6.07, 6.45) is -4.04. The van der Waals surface area contributed by atoms with Crippen LogP contribution in [0.15, 0.2) is 6.07 Å². The van der Waals surface area contributed by atoms with Gasteiger partial charge in [-0.15, -0.1) is 0 Å². The molecule has 0 unspecified atom stereocenters. The normalized spacial score (nSPS) is 17.6. The molecule has 19 heavy (non-hydrogen) atoms. The highest BCUT2D eigenvalue weighted by atomic mass is 19.4. The zero-order valence-electron chi connectivity index (χ0n) is 9.98. The molecule has 1 aromatic heterocycles. The molecule has 0 atom stereocenters. The molecule has 1 aliphatic rings. The maximum atomic E-state index is 12.7. The second-order valence-corrected chi connectivity index (χ2v) is 4.30. The van der Waals surface area contributed by atoms with E-state index in [0.717, 1.165) is 0 Å². The predicted octanol–water partition coefficient (Wildman–Crippen LogP) is 0.742. The average Bonchev–Trinajstić information content (AvgIpc) is 2.38. The molecule has 9 heteroatoms. The predicted molar refractivity (Wildman–Crippen MR) is 62.3 cm³/mol. The molecule has 1 saturated heterocycles. The van der Waals surface area contributed by atoms with Gasteiger partial charge in [0.2, 0.25) is 5.82 Å². The Morgan fingerprint density at radius 1 is 1.32 bits per heavy atom. The van der Waals surface area contributed by atoms with Crippen LogP contribution in [-0.4, -0.2) is 34.3 Å². The van der Waals surface area contributed by atoms with E-state index in [1.807, 2.05) is 0 Å². The molecule has 0 amide bonds. The Balaban J connectivity index is 2.29. The monoisotopic (exact) mass is 277 g/mol. The fourth-order valence-electron chi connectivity index (χ4n) is 1.89. The first kappa shape index (κ1) is 13.8. The molecule has 6 nitrogen and oxygen atoms in total. The number of rotatable bonds is 2. The lowest BCUT2D eigenvalue weighted by atomic mass is 10.1. The molecule has 0 radical (unpaired) electrons. The van der Waals surface area contributed by atoms with E-state index >= 15 is 0 Å². The van der Waals surface area contributed by atoms with Gasteiger partial charge in [-0.1, -0.05) is 0 Å². The number of halogens is 3. The van der Waals surface area contributed by atoms with E-state index in [4.69, 9.17) is 5.84 Å². The SMILES string of the molecule is NNc1cc(N2CCC(O)CC2)nc(C(F)(F)F)n1. The number of aliphatic hydroxyl groups excluding tert-OH is 1. The van der Waals surface area contributed by atoms with Gasteiger partial charge in [-0.25, -0.2) is 15.8 Å². The summed E-state index contributed by atoms with van der Waals surface area (Å²) in [5.41, 5.74) is 2.10. The van der Waals surface area contributed by atoms with Gasteiger partial charge in [0.05, 0.1) is 6.10 Å². The van der Waals surface area contributed by atoms with Gasteiger partial charge in [-0.3, -0.25) is 0 Å². The Kier molecular flexibility index (Phi) is 3.76. The van der Waals surface area contributed by atoms with Crippen LogP contribution in [0.5, 0.6) is 0 Å². The standard InChI is InChI=1S/C10H14F3N5O/c11-10(12,13)9-15-7(17-14)5-8(16-9)18-3-1-6(19)2-4-18/h5-6,19H,1-4,14H2,(H,15,16,17). The lowest BCUT2D eigenvalue weighted by Crippen LogP contribution is -2.36. The first-order valence-corrected chi connectivity index (χ1v) is 5.76. The van der Waals surface area contributed by atoms with Crippen molar-refractivity contribution >= 4 is 11.6 Å². The third-order valence-electron chi connectivity index (χ3n) is 2.90. The van der Waals surface area contributed by atoms with Crippen LogP contribution >= 0.6 is 0 Å². The quantitative estimate of drug-likeness (QED) is 0.546. The zero-order chi connectivity index (χ0) is 14.0. The number of nitrogens with two attached hydrogens (primary N) is 1. The van der Waals surface area contributed by atoms with Crippen LogP contribution < -0.4 is 16.2 Å². The molecule has 0 spiro atoms. The smallest absolute Gasteiger partial charge is 0.393 e. The Bertz CT molecular complexity index is 445. The van der Waals surface area contributed by atoms with Gasteiger partial charge in [0.25, 0.3) is 0 Å². The summed E-state index contributed by atoms with van der Waals surface area (Å²) in [6.45, 7) is 0.888. The van der Waals surface area contributed by atoms with E-state index < -0.39 is 18.1 Å². The number of nitrogen functional groups attached to an aromatic ring is 1. The first-order valence-electron chi connectivity index (χ1n) is 5.76. The van der Waals surface area contributed by atoms with Gasteiger partial charge in [0.1, 0.15) is 11.6 Å². The van der Waals surface area contributed by atoms with E-state index in [1.165, 1.54) is 6.07 Å². The van der Waals surface area contributed by atoms with Crippen LogP contribution in [0.3, 0.4) is 0 Å². The van der Waals surface area contributed by atoms with Gasteiger partial charge in [-0.2, -0.15) is 13.2 Å². The minimum absolute atomic E-state index is 0.0940. The first-order chi connectivity index (χ1) is 8.90. The number of nitrogens with one attached hydrogen (secondary N) is 1. The number of hydrogen-bond donors (Lipinski definition) is 3. The van der Waals surface area contributed by atoms with E-state index in [9.17, 15) is 18.3 Å². The van der Waals surface area contributed by atoms with E-state index in [2.05, 4.69) is 15.4 Å². The molecule has 0 saturated carbocycles. The minimum Gasteiger partial charge on any atom is -0.393 e. The fourth-order valence-corrected chi connectivity index (χ4v) is 1.89. The largest absolute Gasteiger partial charge is 0.451 e. The van der Waals surface area contributed by atoms with Crippen molar-refractivity contribution in [2.75, 3.05) is 23.4 Å². The highest BCUT2D eigenvalue weighted by Crippen LogP contribution is 2.29. The van der Waals surface area contributed by atoms with Crippen LogP contribution in [0, 0.1) is 0 Å². The van der Waals surface area contributed by atoms with Gasteiger partial charge in [-0.05, 0) is 12.8 Å². The highest BCUT2D eigenvalue weighted by Gasteiger charge is 2.36. The Labute approximate surface area is 107 Å². The van der Waals surface area contributed by atoms with Crippen molar-refractivity contribution in [3.8, 4) is 0 Å². The Morgan fingerprint density at radius 3 is 2.47 bits per heavy atom. The zero-order valence-corrected chi connectivity index (χ0v) is 9.98. The van der Waals surface area contributed by atoms with Crippen LogP contribution in [0.4, 0.5) is 24.8 Å². The summed E-state index contributed by atoms with van der Waals surface area (Å²) in [6, 6.07) is 1.35. The molecule has 2 heterocycles. The Hall–Kier alpha value is -1.61. The number of aromatic nitrogens is 2. The van der Waals surface area contributed by atoms with Crippen molar-refractivity contribution in [3.63, 3.8) is 0 Å². The number of anilines is 2. The number of nitrogens with zero attached hydrogens (tertiary/aromatic N) is 3. The fraction of sp³-hybridized carbons (Fsp3) is 0.600. The molecule has 1 aromatic rings. The second kappa shape index (κ2) is 5.17. The molecule has 0 aromatic carbocycles. The molecule has 2 rings (SSSR count). The topological polar surface area (TPSA) is 87.3 Å². The lowest BCUT2D eigenvalue weighted by molar-refractivity contribution is -0.144. The summed E-state index contributed by atoms with van der Waals surface area (Å²) >= 11 is 0. The average molecular weight is 277 g/mol. The molecule has 1 fully saturated rings. The summed E-state index contributed by atoms with van der Waals surface area (Å²) in [5, 5.41) is 9.39. The Morgan fingerprint density at radius 2 is 1.95 bits per heavy atom. The maximum Gasteiger partial charge on any atom is 0.451 e. The number of alkyl halides is 3. The molecular formula is C10H14F3N5O. The summed E-state index contributed by atoms with van der Waals surface area (Å²) in [5.74, 6) is 3.94. The van der Waals surface area contributed by atoms with Crippen molar-refractivity contribution in [2.45, 2.75) is 25.1 Å². The summed E-state index contributed by atoms with van der Waals surface area (Å²) < 4.78 is 38.0. The molecule has 0 aliphatic carbocycles. The van der Waals surface area contributed by atoms with Crippen LogP contribution in [0.1, 0.15) is 18.7 Å². The van der Waals surface area contributed by atoms with Gasteiger partial charge in [0.15, 0.2) is 0 Å². The van der Waals surface area contributed by atoms with Gasteiger partial charge < -0.3 is 15.4 Å². The number of piperidine rings is 1. The molecular weight excluding hydrogens is 263 g/mol. The third-order valence-corrected chi connectivity index (χ3v) is 2.90. The molecule has 1 aliphatic heterocycles. The number of aliphatic hydroxyl groups is 1. The van der Waals surface area contributed by atoms with Gasteiger partial charge in [0, 0.05) is 19.2 Å². The number of hydrogen-bond acceptors (Lipinski definition) is 6. The van der Waals surface area contributed by atoms with E-state index in [-0.39, 0.29) is 11.6 Å². The van der Waals surface area contributed by atoms with Crippen molar-refractivity contribution in [2.24, 2.45) is 5.84 Å². The van der Waals surface area contributed by atoms with Crippen molar-refractivity contribution in [1.29, 1.82) is 0 Å². The molecule has 4 N–H and O–H groups in total. The van der Waals surface area contributed by atoms with Crippen molar-refractivity contribution < 1.29 is 18.3 Å². The minimum atomic E-state index is -4.63. The van der Waals surface area contributed by atoms with E-state index in [0.29, 0.717) is 25.9 Å². The highest BCUT2D eigenvalue weighted by molar-refractivity contribution is 5.49. The lowest BCUT2D eigenvalue weighted by Gasteiger charge is -2.30. The maximum absolute atomic E-state index is 12.7. The van der Waals surface area contributed by atoms with Crippen LogP contribution in [0.2, 0.25) is 0 Å². The van der Waals surface area contributed by atoms with Crippen LogP contribution in [0.25, 0.3) is 0 Å². The van der Waals surface area contributed by atoms with Crippen molar-refractivity contribution in [3.05, 3.63) is 11.9 Å². The molecule has 106 valence electrons. The summed E-state index contributed by atoms with van der Waals surface area (Å²) in [4.78, 5) is 8.47. The van der Waals surface area contributed by atoms with E-state index in [1.54, 1.807) is 4.90 Å². The molecule has 0 bridgehead atoms. The van der Waals surface area contributed by atoms with Gasteiger partial charge >= 0.3 is 6.18 Å². The van der Waals surface area contributed by atoms with Crippen LogP contribution in [-0.2, 0) is 6.18 Å². The van der Waals surface area contributed by atoms with Crippen molar-refractivity contribution in [1.82, 2.24) is 9.97 Å². The third kappa shape index (κ3) is 3.24. The second-order valence-electron chi connectivity index (χ2n) is 4.30. The number of hydrazine groups is 1.